The van der Waals surface area contributed by atoms with E-state index in [2.05, 4.69) is 15.6 Å². The van der Waals surface area contributed by atoms with E-state index < -0.39 is 0 Å². The highest BCUT2D eigenvalue weighted by Crippen LogP contribution is 2.23. The molecule has 1 aromatic heterocycles. The maximum Gasteiger partial charge on any atom is 0.274 e. The Hall–Kier alpha value is -2.40. The first-order chi connectivity index (χ1) is 9.97. The van der Waals surface area contributed by atoms with E-state index in [1.165, 1.54) is 19.2 Å². The summed E-state index contributed by atoms with van der Waals surface area (Å²) >= 11 is 5.84. The second kappa shape index (κ2) is 6.37. The van der Waals surface area contributed by atoms with Crippen LogP contribution < -0.4 is 10.6 Å². The number of nitrogens with one attached hydrogen (secondary N) is 2. The molecule has 5 nitrogen and oxygen atoms in total. The van der Waals surface area contributed by atoms with Gasteiger partial charge in [0.15, 0.2) is 0 Å². The minimum absolute atomic E-state index is 0.168. The van der Waals surface area contributed by atoms with Crippen LogP contribution in [-0.2, 0) is 4.79 Å². The normalized spacial score (nSPS) is 10.0. The summed E-state index contributed by atoms with van der Waals surface area (Å²) in [5, 5.41) is 5.91. The summed E-state index contributed by atoms with van der Waals surface area (Å²) in [6, 6.07) is 8.36. The number of pyridine rings is 1. The van der Waals surface area contributed by atoms with Crippen LogP contribution in [0, 0.1) is 6.92 Å². The van der Waals surface area contributed by atoms with Crippen molar-refractivity contribution in [3.8, 4) is 0 Å². The van der Waals surface area contributed by atoms with Crippen molar-refractivity contribution in [1.82, 2.24) is 4.98 Å². The molecule has 0 fully saturated rings. The maximum atomic E-state index is 12.1. The summed E-state index contributed by atoms with van der Waals surface area (Å²) in [5.74, 6) is -0.529. The number of nitrogens with zero attached hydrogens (tertiary/aromatic N) is 1. The Morgan fingerprint density at radius 2 is 1.81 bits per heavy atom. The van der Waals surface area contributed by atoms with E-state index in [0.29, 0.717) is 16.4 Å². The molecular weight excluding hydrogens is 290 g/mol. The number of anilines is 2. The summed E-state index contributed by atoms with van der Waals surface area (Å²) in [4.78, 5) is 27.2. The molecule has 0 bridgehead atoms. The first kappa shape index (κ1) is 15.0. The second-order valence-electron chi connectivity index (χ2n) is 4.47. The van der Waals surface area contributed by atoms with Gasteiger partial charge in [-0.1, -0.05) is 17.7 Å². The first-order valence-corrected chi connectivity index (χ1v) is 6.65. The van der Waals surface area contributed by atoms with Gasteiger partial charge in [0, 0.05) is 29.5 Å². The van der Waals surface area contributed by atoms with Gasteiger partial charge < -0.3 is 10.6 Å². The van der Waals surface area contributed by atoms with Crippen LogP contribution in [-0.4, -0.2) is 16.8 Å². The molecule has 108 valence electrons. The minimum atomic E-state index is -0.361. The van der Waals surface area contributed by atoms with Gasteiger partial charge in [-0.05, 0) is 36.8 Å². The summed E-state index contributed by atoms with van der Waals surface area (Å²) in [6.07, 6.45) is 1.47. The van der Waals surface area contributed by atoms with Crippen molar-refractivity contribution in [3.05, 3.63) is 52.8 Å². The Labute approximate surface area is 127 Å². The van der Waals surface area contributed by atoms with Crippen molar-refractivity contribution in [2.75, 3.05) is 10.6 Å². The first-order valence-electron chi connectivity index (χ1n) is 6.27. The van der Waals surface area contributed by atoms with Gasteiger partial charge in [-0.2, -0.15) is 0 Å². The predicted molar refractivity (Wildman–Crippen MR) is 82.7 cm³/mol. The van der Waals surface area contributed by atoms with Gasteiger partial charge in [0.25, 0.3) is 5.91 Å². The van der Waals surface area contributed by atoms with Crippen LogP contribution in [0.3, 0.4) is 0 Å². The topological polar surface area (TPSA) is 71.1 Å². The number of carbonyl (C=O) groups is 2. The zero-order valence-corrected chi connectivity index (χ0v) is 12.4. The van der Waals surface area contributed by atoms with Gasteiger partial charge in [0.05, 0.1) is 0 Å². The average Bonchev–Trinajstić information content (AvgIpc) is 2.42. The average molecular weight is 304 g/mol. The van der Waals surface area contributed by atoms with Crippen LogP contribution in [0.5, 0.6) is 0 Å². The van der Waals surface area contributed by atoms with Crippen LogP contribution in [0.25, 0.3) is 0 Å². The van der Waals surface area contributed by atoms with Gasteiger partial charge in [-0.3, -0.25) is 14.6 Å². The number of carbonyl (C=O) groups excluding carboxylic acids is 2. The van der Waals surface area contributed by atoms with E-state index in [9.17, 15) is 9.59 Å². The molecule has 1 heterocycles. The molecule has 2 aromatic rings. The second-order valence-corrected chi connectivity index (χ2v) is 4.91. The van der Waals surface area contributed by atoms with Crippen molar-refractivity contribution in [3.63, 3.8) is 0 Å². The lowest BCUT2D eigenvalue weighted by Crippen LogP contribution is -2.15. The van der Waals surface area contributed by atoms with Gasteiger partial charge in [0.2, 0.25) is 5.91 Å². The highest BCUT2D eigenvalue weighted by molar-refractivity contribution is 6.31. The quantitative estimate of drug-likeness (QED) is 0.914. The minimum Gasteiger partial charge on any atom is -0.326 e. The molecule has 0 saturated heterocycles. The fourth-order valence-electron chi connectivity index (χ4n) is 1.81. The molecule has 6 heteroatoms. The largest absolute Gasteiger partial charge is 0.326 e. The molecule has 2 rings (SSSR count). The third-order valence-corrected chi connectivity index (χ3v) is 3.08. The summed E-state index contributed by atoms with van der Waals surface area (Å²) < 4.78 is 0. The third kappa shape index (κ3) is 3.79. The summed E-state index contributed by atoms with van der Waals surface area (Å²) in [7, 11) is 0. The van der Waals surface area contributed by atoms with Crippen LogP contribution >= 0.6 is 11.6 Å². The monoisotopic (exact) mass is 303 g/mol. The van der Waals surface area contributed by atoms with E-state index in [1.54, 1.807) is 24.3 Å². The Morgan fingerprint density at radius 3 is 2.43 bits per heavy atom. The number of halogens is 1. The molecule has 1 aromatic carbocycles. The fourth-order valence-corrected chi connectivity index (χ4v) is 1.97. The van der Waals surface area contributed by atoms with Gasteiger partial charge in [-0.25, -0.2) is 0 Å². The predicted octanol–water partition coefficient (Wildman–Crippen LogP) is 3.25. The van der Waals surface area contributed by atoms with Crippen LogP contribution in [0.4, 0.5) is 11.4 Å². The van der Waals surface area contributed by atoms with Crippen molar-refractivity contribution in [2.24, 2.45) is 0 Å². The highest BCUT2D eigenvalue weighted by atomic mass is 35.5. The molecule has 2 amide bonds. The SMILES string of the molecule is CC(=O)Nc1cccc(NC(=O)c2cc(Cl)ccn2)c1C. The molecule has 0 aliphatic rings. The lowest BCUT2D eigenvalue weighted by atomic mass is 10.1. The molecule has 0 unspecified atom stereocenters. The van der Waals surface area contributed by atoms with Crippen molar-refractivity contribution in [1.29, 1.82) is 0 Å². The smallest absolute Gasteiger partial charge is 0.274 e. The Morgan fingerprint density at radius 1 is 1.14 bits per heavy atom. The molecule has 0 atom stereocenters. The standard InChI is InChI=1S/C15H14ClN3O2/c1-9-12(18-10(2)20)4-3-5-13(9)19-15(21)14-8-11(16)6-7-17-14/h3-8H,1-2H3,(H,18,20)(H,19,21). The molecule has 2 N–H and O–H groups in total. The maximum absolute atomic E-state index is 12.1. The highest BCUT2D eigenvalue weighted by Gasteiger charge is 2.11. The van der Waals surface area contributed by atoms with E-state index in [-0.39, 0.29) is 17.5 Å². The van der Waals surface area contributed by atoms with Crippen LogP contribution in [0.1, 0.15) is 23.0 Å². The lowest BCUT2D eigenvalue weighted by Gasteiger charge is -2.12. The molecule has 0 aliphatic heterocycles. The fraction of sp³-hybridized carbons (Fsp3) is 0.133. The number of hydrogen-bond acceptors (Lipinski definition) is 3. The Kier molecular flexibility index (Phi) is 4.55. The molecule has 0 aliphatic carbocycles. The van der Waals surface area contributed by atoms with Gasteiger partial charge in [0.1, 0.15) is 5.69 Å². The Bertz CT molecular complexity index is 701. The van der Waals surface area contributed by atoms with Crippen molar-refractivity contribution < 1.29 is 9.59 Å². The molecule has 0 saturated carbocycles. The molecule has 0 radical (unpaired) electrons. The van der Waals surface area contributed by atoms with Crippen molar-refractivity contribution >= 4 is 34.8 Å². The molecule has 21 heavy (non-hydrogen) atoms. The number of amides is 2. The number of aromatic nitrogens is 1. The van der Waals surface area contributed by atoms with Gasteiger partial charge in [-0.15, -0.1) is 0 Å². The van der Waals surface area contributed by atoms with Crippen LogP contribution in [0.2, 0.25) is 5.02 Å². The summed E-state index contributed by atoms with van der Waals surface area (Å²) in [6.45, 7) is 3.24. The third-order valence-electron chi connectivity index (χ3n) is 2.85. The Balaban J connectivity index is 2.23. The van der Waals surface area contributed by atoms with Crippen molar-refractivity contribution in [2.45, 2.75) is 13.8 Å². The van der Waals surface area contributed by atoms with E-state index >= 15 is 0 Å². The zero-order chi connectivity index (χ0) is 15.4. The molecular formula is C15H14ClN3O2. The van der Waals surface area contributed by atoms with E-state index in [0.717, 1.165) is 5.56 Å². The van der Waals surface area contributed by atoms with E-state index in [4.69, 9.17) is 11.6 Å². The number of rotatable bonds is 3. The van der Waals surface area contributed by atoms with Gasteiger partial charge >= 0.3 is 0 Å². The molecule has 0 spiro atoms. The van der Waals surface area contributed by atoms with Crippen LogP contribution in [0.15, 0.2) is 36.5 Å². The van der Waals surface area contributed by atoms with E-state index in [1.807, 2.05) is 6.92 Å². The summed E-state index contributed by atoms with van der Waals surface area (Å²) in [5.41, 5.74) is 2.25. The zero-order valence-electron chi connectivity index (χ0n) is 11.6. The lowest BCUT2D eigenvalue weighted by molar-refractivity contribution is -0.114. The number of hydrogen-bond donors (Lipinski definition) is 2. The number of benzene rings is 1.